The molecule has 4 rings (SSSR count). The number of nitrogens with one attached hydrogen (secondary N) is 1. The molecule has 1 aliphatic heterocycles. The molecule has 1 aromatic heterocycles. The van der Waals surface area contributed by atoms with Crippen LogP contribution < -0.4 is 5.32 Å². The highest BCUT2D eigenvalue weighted by atomic mass is 19.1. The minimum atomic E-state index is -0.470. The maximum absolute atomic E-state index is 14.2. The third-order valence-electron chi connectivity index (χ3n) is 5.51. The van der Waals surface area contributed by atoms with Crippen LogP contribution in [0.1, 0.15) is 18.4 Å². The fourth-order valence-corrected chi connectivity index (χ4v) is 3.71. The van der Waals surface area contributed by atoms with Crippen LogP contribution in [0.3, 0.4) is 0 Å². The Morgan fingerprint density at radius 1 is 0.968 bits per heavy atom. The molecule has 0 bridgehead atoms. The van der Waals surface area contributed by atoms with Gasteiger partial charge in [0.25, 0.3) is 0 Å². The van der Waals surface area contributed by atoms with Crippen LogP contribution >= 0.6 is 0 Å². The van der Waals surface area contributed by atoms with Gasteiger partial charge in [-0.25, -0.2) is 4.39 Å². The summed E-state index contributed by atoms with van der Waals surface area (Å²) in [5.41, 5.74) is 1.90. The number of amides is 2. The molecular formula is C25H24FN3O2. The van der Waals surface area contributed by atoms with Crippen molar-refractivity contribution >= 4 is 23.6 Å². The van der Waals surface area contributed by atoms with E-state index in [0.717, 1.165) is 11.3 Å². The van der Waals surface area contributed by atoms with Crippen LogP contribution in [0.4, 0.5) is 10.1 Å². The average Bonchev–Trinajstić information content (AvgIpc) is 3.35. The molecule has 0 spiro atoms. The Kier molecular flexibility index (Phi) is 6.26. The molecule has 0 unspecified atom stereocenters. The second-order valence-corrected chi connectivity index (χ2v) is 7.59. The highest BCUT2D eigenvalue weighted by Crippen LogP contribution is 2.23. The maximum Gasteiger partial charge on any atom is 0.246 e. The molecule has 1 aliphatic rings. The van der Waals surface area contributed by atoms with Crippen molar-refractivity contribution in [2.75, 3.05) is 18.4 Å². The van der Waals surface area contributed by atoms with E-state index >= 15 is 0 Å². The molecule has 1 saturated heterocycles. The van der Waals surface area contributed by atoms with Crippen LogP contribution in [-0.4, -0.2) is 34.4 Å². The number of hydrogen-bond acceptors (Lipinski definition) is 2. The molecule has 6 heteroatoms. The maximum atomic E-state index is 14.2. The van der Waals surface area contributed by atoms with Gasteiger partial charge in [0, 0.05) is 43.2 Å². The lowest BCUT2D eigenvalue weighted by atomic mass is 9.95. The fourth-order valence-electron chi connectivity index (χ4n) is 3.71. The predicted octanol–water partition coefficient (Wildman–Crippen LogP) is 4.51. The minimum Gasteiger partial charge on any atom is -0.339 e. The Balaban J connectivity index is 1.33. The molecule has 0 aliphatic carbocycles. The molecule has 5 nitrogen and oxygen atoms in total. The van der Waals surface area contributed by atoms with E-state index in [2.05, 4.69) is 5.32 Å². The smallest absolute Gasteiger partial charge is 0.246 e. The topological polar surface area (TPSA) is 54.3 Å². The number of nitrogens with zero attached hydrogens (tertiary/aromatic N) is 2. The summed E-state index contributed by atoms with van der Waals surface area (Å²) in [6.45, 7) is 1.00. The first-order valence-corrected chi connectivity index (χ1v) is 10.4. The Bertz CT molecular complexity index is 1070. The number of hydrogen-bond donors (Lipinski definition) is 1. The van der Waals surface area contributed by atoms with E-state index in [-0.39, 0.29) is 23.4 Å². The van der Waals surface area contributed by atoms with E-state index in [0.29, 0.717) is 25.9 Å². The summed E-state index contributed by atoms with van der Waals surface area (Å²) in [4.78, 5) is 26.9. The lowest BCUT2D eigenvalue weighted by Gasteiger charge is -2.30. The SMILES string of the molecule is O=C(Nc1cc(-n2cccc2)ccc1F)C1CCN(C(=O)C=Cc2ccccc2)CC1. The van der Waals surface area contributed by atoms with Crippen molar-refractivity contribution in [1.82, 2.24) is 9.47 Å². The molecule has 1 N–H and O–H groups in total. The number of benzene rings is 2. The van der Waals surface area contributed by atoms with E-state index < -0.39 is 5.82 Å². The van der Waals surface area contributed by atoms with E-state index in [9.17, 15) is 14.0 Å². The second-order valence-electron chi connectivity index (χ2n) is 7.59. The van der Waals surface area contributed by atoms with Gasteiger partial charge in [-0.15, -0.1) is 0 Å². The first-order chi connectivity index (χ1) is 15.1. The van der Waals surface area contributed by atoms with Crippen LogP contribution in [0.15, 0.2) is 79.1 Å². The van der Waals surface area contributed by atoms with E-state index in [4.69, 9.17) is 0 Å². The third kappa shape index (κ3) is 5.09. The fraction of sp³-hybridized carbons (Fsp3) is 0.200. The molecule has 0 atom stereocenters. The molecule has 0 saturated carbocycles. The third-order valence-corrected chi connectivity index (χ3v) is 5.51. The normalized spacial score (nSPS) is 14.7. The summed E-state index contributed by atoms with van der Waals surface area (Å²) < 4.78 is 16.1. The Morgan fingerprint density at radius 3 is 2.39 bits per heavy atom. The number of piperidine rings is 1. The molecule has 1 fully saturated rings. The van der Waals surface area contributed by atoms with Gasteiger partial charge in [0.05, 0.1) is 5.69 Å². The van der Waals surface area contributed by atoms with Gasteiger partial charge in [-0.1, -0.05) is 30.3 Å². The predicted molar refractivity (Wildman–Crippen MR) is 119 cm³/mol. The number of carbonyl (C=O) groups excluding carboxylic acids is 2. The summed E-state index contributed by atoms with van der Waals surface area (Å²) in [5, 5.41) is 2.73. The molecule has 158 valence electrons. The summed E-state index contributed by atoms with van der Waals surface area (Å²) >= 11 is 0. The Morgan fingerprint density at radius 2 is 1.68 bits per heavy atom. The number of aromatic nitrogens is 1. The summed E-state index contributed by atoms with van der Waals surface area (Å²) in [5.74, 6) is -0.997. The van der Waals surface area contributed by atoms with Crippen molar-refractivity contribution < 1.29 is 14.0 Å². The van der Waals surface area contributed by atoms with Crippen molar-refractivity contribution in [3.8, 4) is 5.69 Å². The number of carbonyl (C=O) groups is 2. The zero-order valence-electron chi connectivity index (χ0n) is 17.1. The van der Waals surface area contributed by atoms with Crippen LogP contribution in [-0.2, 0) is 9.59 Å². The first-order valence-electron chi connectivity index (χ1n) is 10.4. The van der Waals surface area contributed by atoms with Crippen LogP contribution in [0.25, 0.3) is 11.8 Å². The van der Waals surface area contributed by atoms with Gasteiger partial charge in [-0.05, 0) is 54.8 Å². The standard InChI is InChI=1S/C25H24FN3O2/c26-22-10-9-21(28-14-4-5-15-28)18-23(22)27-25(31)20-12-16-29(17-13-20)24(30)11-8-19-6-2-1-3-7-19/h1-11,14-15,18,20H,12-13,16-17H2,(H,27,31). The van der Waals surface area contributed by atoms with Crippen LogP contribution in [0.5, 0.6) is 0 Å². The van der Waals surface area contributed by atoms with Crippen LogP contribution in [0, 0.1) is 11.7 Å². The van der Waals surface area contributed by atoms with Crippen LogP contribution in [0.2, 0.25) is 0 Å². The summed E-state index contributed by atoms with van der Waals surface area (Å²) in [6.07, 6.45) is 8.18. The lowest BCUT2D eigenvalue weighted by Crippen LogP contribution is -2.40. The van der Waals surface area contributed by atoms with Crippen molar-refractivity contribution in [2.24, 2.45) is 5.92 Å². The Labute approximate surface area is 180 Å². The molecular weight excluding hydrogens is 393 g/mol. The van der Waals surface area contributed by atoms with Crippen molar-refractivity contribution in [3.05, 3.63) is 90.5 Å². The molecule has 2 amide bonds. The van der Waals surface area contributed by atoms with Crippen molar-refractivity contribution in [2.45, 2.75) is 12.8 Å². The number of likely N-dealkylation sites (tertiary alicyclic amines) is 1. The van der Waals surface area contributed by atoms with Crippen molar-refractivity contribution in [3.63, 3.8) is 0 Å². The second kappa shape index (κ2) is 9.43. The monoisotopic (exact) mass is 417 g/mol. The number of halogens is 1. The van der Waals surface area contributed by atoms with E-state index in [1.807, 2.05) is 59.4 Å². The molecule has 2 aromatic carbocycles. The van der Waals surface area contributed by atoms with Gasteiger partial charge in [-0.3, -0.25) is 9.59 Å². The molecule has 31 heavy (non-hydrogen) atoms. The summed E-state index contributed by atoms with van der Waals surface area (Å²) in [6, 6.07) is 18.0. The van der Waals surface area contributed by atoms with Gasteiger partial charge in [0.2, 0.25) is 11.8 Å². The van der Waals surface area contributed by atoms with Gasteiger partial charge >= 0.3 is 0 Å². The molecule has 3 aromatic rings. The molecule has 0 radical (unpaired) electrons. The van der Waals surface area contributed by atoms with E-state index in [1.165, 1.54) is 6.07 Å². The molecule has 2 heterocycles. The lowest BCUT2D eigenvalue weighted by molar-refractivity contribution is -0.130. The highest BCUT2D eigenvalue weighted by Gasteiger charge is 2.27. The van der Waals surface area contributed by atoms with Crippen molar-refractivity contribution in [1.29, 1.82) is 0 Å². The van der Waals surface area contributed by atoms with E-state index in [1.54, 1.807) is 29.2 Å². The zero-order valence-corrected chi connectivity index (χ0v) is 17.1. The van der Waals surface area contributed by atoms with Gasteiger partial charge < -0.3 is 14.8 Å². The number of anilines is 1. The Hall–Kier alpha value is -3.67. The highest BCUT2D eigenvalue weighted by molar-refractivity contribution is 5.94. The van der Waals surface area contributed by atoms with Gasteiger partial charge in [0.1, 0.15) is 5.82 Å². The quantitative estimate of drug-likeness (QED) is 0.621. The minimum absolute atomic E-state index is 0.0619. The summed E-state index contributed by atoms with van der Waals surface area (Å²) in [7, 11) is 0. The zero-order chi connectivity index (χ0) is 21.6. The average molecular weight is 417 g/mol. The first kappa shape index (κ1) is 20.6. The van der Waals surface area contributed by atoms with Gasteiger partial charge in [-0.2, -0.15) is 0 Å². The number of rotatable bonds is 5. The largest absolute Gasteiger partial charge is 0.339 e. The van der Waals surface area contributed by atoms with Gasteiger partial charge in [0.15, 0.2) is 0 Å².